The van der Waals surface area contributed by atoms with Gasteiger partial charge < -0.3 is 10.1 Å². The van der Waals surface area contributed by atoms with Gasteiger partial charge in [-0.05, 0) is 54.3 Å². The van der Waals surface area contributed by atoms with Crippen molar-refractivity contribution in [2.75, 3.05) is 32.8 Å². The number of carbonyl (C=O) groups is 1. The van der Waals surface area contributed by atoms with E-state index in [0.29, 0.717) is 9.23 Å². The third-order valence-corrected chi connectivity index (χ3v) is 7.12. The summed E-state index contributed by atoms with van der Waals surface area (Å²) in [6.07, 6.45) is 2.81. The normalized spacial score (nSPS) is 18.3. The Labute approximate surface area is 203 Å². The van der Waals surface area contributed by atoms with Crippen molar-refractivity contribution in [2.45, 2.75) is 13.3 Å². The van der Waals surface area contributed by atoms with Crippen LogP contribution in [0.1, 0.15) is 16.7 Å². The largest absolute Gasteiger partial charge is 0.379 e. The zero-order valence-corrected chi connectivity index (χ0v) is 20.1. The Hall–Kier alpha value is -2.58. The molecule has 2 aliphatic heterocycles. The summed E-state index contributed by atoms with van der Waals surface area (Å²) in [5, 5.41) is 3.84. The lowest BCUT2D eigenvalue weighted by atomic mass is 9.98. The van der Waals surface area contributed by atoms with Crippen molar-refractivity contribution in [3.05, 3.63) is 70.1 Å². The number of aromatic nitrogens is 1. The van der Waals surface area contributed by atoms with Gasteiger partial charge in [0.2, 0.25) is 0 Å². The van der Waals surface area contributed by atoms with Crippen molar-refractivity contribution >= 4 is 51.2 Å². The van der Waals surface area contributed by atoms with Gasteiger partial charge in [0.15, 0.2) is 0 Å². The van der Waals surface area contributed by atoms with Crippen LogP contribution in [0, 0.1) is 6.92 Å². The van der Waals surface area contributed by atoms with Crippen molar-refractivity contribution in [3.63, 3.8) is 0 Å². The molecule has 0 spiro atoms. The van der Waals surface area contributed by atoms with Gasteiger partial charge in [-0.3, -0.25) is 9.69 Å². The Bertz CT molecular complexity index is 1270. The zero-order valence-electron chi connectivity index (χ0n) is 18.5. The Morgan fingerprint density at radius 2 is 2.03 bits per heavy atom. The molecule has 1 amide bonds. The van der Waals surface area contributed by atoms with Gasteiger partial charge in [-0.1, -0.05) is 54.3 Å². The number of aryl methyl sites for hydroxylation is 1. The fourth-order valence-corrected chi connectivity index (χ4v) is 5.26. The molecule has 0 aliphatic carbocycles. The van der Waals surface area contributed by atoms with Gasteiger partial charge >= 0.3 is 0 Å². The predicted octanol–water partition coefficient (Wildman–Crippen LogP) is 4.57. The summed E-state index contributed by atoms with van der Waals surface area (Å²) in [5.41, 5.74) is 6.44. The number of carbonyl (C=O) groups excluding carboxylic acids is 1. The molecule has 0 bridgehead atoms. The first-order valence-corrected chi connectivity index (χ1v) is 12.3. The lowest BCUT2D eigenvalue weighted by Crippen LogP contribution is -2.37. The topological polar surface area (TPSA) is 54.5 Å². The van der Waals surface area contributed by atoms with Crippen LogP contribution in [0.4, 0.5) is 0 Å². The van der Waals surface area contributed by atoms with E-state index in [9.17, 15) is 4.79 Å². The smallest absolute Gasteiger partial charge is 0.263 e. The second kappa shape index (κ2) is 9.73. The minimum atomic E-state index is -0.138. The molecule has 0 unspecified atom stereocenters. The SMILES string of the molecule is Cc1ccc2cc(CCN3CCOCC3)c(-c3cccc(C=C4SC(=S)NC4=O)c3)nc2c1. The molecule has 5 nitrogen and oxygen atoms in total. The van der Waals surface area contributed by atoms with Gasteiger partial charge in [0, 0.05) is 30.6 Å². The van der Waals surface area contributed by atoms with Crippen molar-refractivity contribution in [1.82, 2.24) is 15.2 Å². The quantitative estimate of drug-likeness (QED) is 0.431. The predicted molar refractivity (Wildman–Crippen MR) is 139 cm³/mol. The number of pyridine rings is 1. The number of rotatable bonds is 5. The van der Waals surface area contributed by atoms with Gasteiger partial charge in [0.25, 0.3) is 5.91 Å². The second-order valence-corrected chi connectivity index (χ2v) is 10.1. The number of nitrogens with zero attached hydrogens (tertiary/aromatic N) is 2. The van der Waals surface area contributed by atoms with Crippen molar-refractivity contribution in [3.8, 4) is 11.3 Å². The van der Waals surface area contributed by atoms with Crippen LogP contribution in [0.25, 0.3) is 28.2 Å². The number of ether oxygens (including phenoxy) is 1. The van der Waals surface area contributed by atoms with E-state index in [0.717, 1.165) is 67.0 Å². The van der Waals surface area contributed by atoms with Crippen LogP contribution in [0.5, 0.6) is 0 Å². The van der Waals surface area contributed by atoms with Gasteiger partial charge in [-0.2, -0.15) is 0 Å². The molecule has 0 saturated carbocycles. The molecular formula is C26H25N3O2S2. The van der Waals surface area contributed by atoms with Crippen LogP contribution in [-0.2, 0) is 16.0 Å². The molecule has 7 heteroatoms. The average molecular weight is 476 g/mol. The number of amides is 1. The number of nitrogens with one attached hydrogen (secondary N) is 1. The van der Waals surface area contributed by atoms with Crippen LogP contribution in [0.3, 0.4) is 0 Å². The maximum absolute atomic E-state index is 12.1. The van der Waals surface area contributed by atoms with E-state index in [1.807, 2.05) is 18.2 Å². The van der Waals surface area contributed by atoms with Crippen LogP contribution >= 0.6 is 24.0 Å². The molecule has 5 rings (SSSR count). The summed E-state index contributed by atoms with van der Waals surface area (Å²) in [7, 11) is 0. The third-order valence-electron chi connectivity index (χ3n) is 5.95. The Kier molecular flexibility index (Phi) is 6.55. The minimum absolute atomic E-state index is 0.138. The molecule has 2 aliphatic rings. The molecular weight excluding hydrogens is 450 g/mol. The van der Waals surface area contributed by atoms with E-state index in [-0.39, 0.29) is 5.91 Å². The van der Waals surface area contributed by atoms with E-state index in [1.165, 1.54) is 22.9 Å². The number of morpholine rings is 1. The van der Waals surface area contributed by atoms with Crippen LogP contribution in [-0.4, -0.2) is 53.0 Å². The molecule has 1 N–H and O–H groups in total. The lowest BCUT2D eigenvalue weighted by molar-refractivity contribution is -0.115. The monoisotopic (exact) mass is 475 g/mol. The first-order valence-electron chi connectivity index (χ1n) is 11.1. The maximum Gasteiger partial charge on any atom is 0.263 e. The summed E-state index contributed by atoms with van der Waals surface area (Å²) >= 11 is 6.42. The van der Waals surface area contributed by atoms with E-state index >= 15 is 0 Å². The molecule has 2 aromatic carbocycles. The highest BCUT2D eigenvalue weighted by Gasteiger charge is 2.22. The lowest BCUT2D eigenvalue weighted by Gasteiger charge is -2.26. The number of hydrogen-bond donors (Lipinski definition) is 1. The molecule has 2 fully saturated rings. The number of thioether (sulfide) groups is 1. The van der Waals surface area contributed by atoms with E-state index < -0.39 is 0 Å². The molecule has 2 saturated heterocycles. The Morgan fingerprint density at radius 1 is 1.18 bits per heavy atom. The highest BCUT2D eigenvalue weighted by molar-refractivity contribution is 8.26. The molecule has 3 heterocycles. The van der Waals surface area contributed by atoms with Crippen LogP contribution in [0.15, 0.2) is 53.4 Å². The van der Waals surface area contributed by atoms with E-state index in [1.54, 1.807) is 0 Å². The summed E-state index contributed by atoms with van der Waals surface area (Å²) < 4.78 is 6.00. The number of hydrogen-bond acceptors (Lipinski definition) is 6. The second-order valence-electron chi connectivity index (χ2n) is 8.37. The van der Waals surface area contributed by atoms with Crippen LogP contribution < -0.4 is 5.32 Å². The Morgan fingerprint density at radius 3 is 2.82 bits per heavy atom. The number of fused-ring (bicyclic) bond motifs is 1. The molecule has 1 aromatic heterocycles. The van der Waals surface area contributed by atoms with Crippen LogP contribution in [0.2, 0.25) is 0 Å². The third kappa shape index (κ3) is 5.17. The maximum atomic E-state index is 12.1. The number of thiocarbonyl (C=S) groups is 1. The molecule has 3 aromatic rings. The van der Waals surface area contributed by atoms with Crippen molar-refractivity contribution in [2.24, 2.45) is 0 Å². The molecule has 33 heavy (non-hydrogen) atoms. The number of benzene rings is 2. The summed E-state index contributed by atoms with van der Waals surface area (Å²) in [6, 6.07) is 16.9. The Balaban J connectivity index is 1.52. The molecule has 0 atom stereocenters. The van der Waals surface area contributed by atoms with Crippen molar-refractivity contribution in [1.29, 1.82) is 0 Å². The fraction of sp³-hybridized carbons (Fsp3) is 0.269. The summed E-state index contributed by atoms with van der Waals surface area (Å²) in [6.45, 7) is 6.62. The highest BCUT2D eigenvalue weighted by atomic mass is 32.2. The van der Waals surface area contributed by atoms with Gasteiger partial charge in [0.05, 0.1) is 29.3 Å². The zero-order chi connectivity index (χ0) is 22.8. The minimum Gasteiger partial charge on any atom is -0.379 e. The van der Waals surface area contributed by atoms with Gasteiger partial charge in [-0.25, -0.2) is 4.98 Å². The average Bonchev–Trinajstić information content (AvgIpc) is 3.14. The standard InChI is InChI=1S/C26H25N3O2S2/c1-17-5-6-19-16-21(7-8-29-9-11-31-12-10-29)24(27-22(19)13-17)20-4-2-3-18(14-20)15-23-25(30)28-26(32)33-23/h2-6,13-16H,7-12H2,1H3,(H,28,30,32). The molecule has 168 valence electrons. The van der Waals surface area contributed by atoms with Crippen molar-refractivity contribution < 1.29 is 9.53 Å². The fourth-order valence-electron chi connectivity index (χ4n) is 4.21. The molecule has 0 radical (unpaired) electrons. The first-order chi connectivity index (χ1) is 16.0. The summed E-state index contributed by atoms with van der Waals surface area (Å²) in [5.74, 6) is -0.138. The summed E-state index contributed by atoms with van der Waals surface area (Å²) in [4.78, 5) is 20.3. The van der Waals surface area contributed by atoms with E-state index in [2.05, 4.69) is 53.5 Å². The van der Waals surface area contributed by atoms with E-state index in [4.69, 9.17) is 21.9 Å². The van der Waals surface area contributed by atoms with Gasteiger partial charge in [-0.15, -0.1) is 0 Å². The first kappa shape index (κ1) is 22.2. The highest BCUT2D eigenvalue weighted by Crippen LogP contribution is 2.30. The van der Waals surface area contributed by atoms with Gasteiger partial charge in [0.1, 0.15) is 4.32 Å².